The van der Waals surface area contributed by atoms with Crippen molar-refractivity contribution in [3.63, 3.8) is 0 Å². The molecule has 1 heterocycles. The van der Waals surface area contributed by atoms with Crippen LogP contribution in [-0.2, 0) is 0 Å². The Bertz CT molecular complexity index is 265. The van der Waals surface area contributed by atoms with Gasteiger partial charge in [-0.2, -0.15) is 0 Å². The minimum absolute atomic E-state index is 0.0593. The maximum atomic E-state index is 11.3. The van der Waals surface area contributed by atoms with Crippen LogP contribution in [0.2, 0.25) is 0 Å². The lowest BCUT2D eigenvalue weighted by atomic mass is 10.0. The van der Waals surface area contributed by atoms with E-state index in [4.69, 9.17) is 5.73 Å². The topological polar surface area (TPSA) is 43.1 Å². The van der Waals surface area contributed by atoms with Gasteiger partial charge in [0, 0.05) is 16.9 Å². The van der Waals surface area contributed by atoms with Crippen molar-refractivity contribution in [2.75, 3.05) is 5.73 Å². The van der Waals surface area contributed by atoms with E-state index in [0.717, 1.165) is 5.56 Å². The number of nitrogens with two attached hydrogens (primary N) is 1. The molecule has 60 valence electrons. The van der Waals surface area contributed by atoms with Crippen LogP contribution in [0.4, 0.5) is 5.00 Å². The van der Waals surface area contributed by atoms with Gasteiger partial charge in [-0.15, -0.1) is 11.3 Å². The Balaban J connectivity index is 2.85. The summed E-state index contributed by atoms with van der Waals surface area (Å²) < 4.78 is 0. The van der Waals surface area contributed by atoms with Crippen LogP contribution in [0.15, 0.2) is 11.4 Å². The Morgan fingerprint density at radius 1 is 1.64 bits per heavy atom. The number of Topliss-reactive ketones (excluding diaryl/α,β-unsaturated/α-hetero) is 1. The van der Waals surface area contributed by atoms with E-state index in [-0.39, 0.29) is 11.7 Å². The summed E-state index contributed by atoms with van der Waals surface area (Å²) in [6, 6.07) is 1.73. The van der Waals surface area contributed by atoms with Gasteiger partial charge in [0.1, 0.15) is 0 Å². The highest BCUT2D eigenvalue weighted by Crippen LogP contribution is 2.18. The number of anilines is 1. The molecule has 0 saturated heterocycles. The molecule has 0 atom stereocenters. The summed E-state index contributed by atoms with van der Waals surface area (Å²) in [5.74, 6) is 0.224. The van der Waals surface area contributed by atoms with E-state index in [0.29, 0.717) is 5.00 Å². The quantitative estimate of drug-likeness (QED) is 0.689. The summed E-state index contributed by atoms with van der Waals surface area (Å²) in [4.78, 5) is 11.3. The van der Waals surface area contributed by atoms with Crippen LogP contribution in [-0.4, -0.2) is 5.78 Å². The third-order valence-electron chi connectivity index (χ3n) is 1.43. The summed E-state index contributed by atoms with van der Waals surface area (Å²) in [7, 11) is 0. The first-order valence-electron chi connectivity index (χ1n) is 3.49. The molecule has 0 aliphatic carbocycles. The molecule has 11 heavy (non-hydrogen) atoms. The Hall–Kier alpha value is -0.830. The molecular weight excluding hydrogens is 158 g/mol. The molecule has 1 aromatic rings. The van der Waals surface area contributed by atoms with E-state index in [1.807, 2.05) is 13.8 Å². The van der Waals surface area contributed by atoms with Gasteiger partial charge in [-0.05, 0) is 6.07 Å². The van der Waals surface area contributed by atoms with Crippen molar-refractivity contribution >= 4 is 22.1 Å². The zero-order valence-electron chi connectivity index (χ0n) is 6.63. The zero-order valence-corrected chi connectivity index (χ0v) is 7.44. The molecule has 0 aliphatic rings. The monoisotopic (exact) mass is 169 g/mol. The van der Waals surface area contributed by atoms with Crippen LogP contribution in [0.3, 0.4) is 0 Å². The first-order chi connectivity index (χ1) is 5.11. The number of rotatable bonds is 2. The highest BCUT2D eigenvalue weighted by atomic mass is 32.1. The minimum Gasteiger partial charge on any atom is -0.391 e. The number of thiophene rings is 1. The van der Waals surface area contributed by atoms with Gasteiger partial charge in [0.15, 0.2) is 5.78 Å². The van der Waals surface area contributed by atoms with Crippen LogP contribution in [0.25, 0.3) is 0 Å². The zero-order chi connectivity index (χ0) is 8.43. The summed E-state index contributed by atoms with van der Waals surface area (Å²) in [5, 5.41) is 2.51. The van der Waals surface area contributed by atoms with Gasteiger partial charge in [-0.1, -0.05) is 13.8 Å². The molecule has 0 aromatic carbocycles. The molecule has 0 radical (unpaired) electrons. The third kappa shape index (κ3) is 1.80. The number of hydrogen-bond acceptors (Lipinski definition) is 3. The largest absolute Gasteiger partial charge is 0.391 e. The van der Waals surface area contributed by atoms with Gasteiger partial charge in [0.25, 0.3) is 0 Å². The molecule has 0 bridgehead atoms. The first kappa shape index (κ1) is 8.27. The lowest BCUT2D eigenvalue weighted by Crippen LogP contribution is -2.05. The molecule has 1 aromatic heterocycles. The SMILES string of the molecule is CC(C)C(=O)c1csc(N)c1. The van der Waals surface area contributed by atoms with Crippen LogP contribution in [0.1, 0.15) is 24.2 Å². The van der Waals surface area contributed by atoms with Gasteiger partial charge >= 0.3 is 0 Å². The smallest absolute Gasteiger partial charge is 0.166 e. The van der Waals surface area contributed by atoms with Crippen LogP contribution in [0, 0.1) is 5.92 Å². The van der Waals surface area contributed by atoms with Crippen molar-refractivity contribution in [2.24, 2.45) is 5.92 Å². The number of ketones is 1. The lowest BCUT2D eigenvalue weighted by molar-refractivity contribution is 0.0940. The minimum atomic E-state index is 0.0593. The Morgan fingerprint density at radius 3 is 2.64 bits per heavy atom. The molecule has 0 fully saturated rings. The Kier molecular flexibility index (Phi) is 2.29. The molecule has 3 heteroatoms. The van der Waals surface area contributed by atoms with E-state index in [1.54, 1.807) is 11.4 Å². The normalized spacial score (nSPS) is 10.5. The number of carbonyl (C=O) groups is 1. The first-order valence-corrected chi connectivity index (χ1v) is 4.37. The molecule has 0 aliphatic heterocycles. The maximum absolute atomic E-state index is 11.3. The fraction of sp³-hybridized carbons (Fsp3) is 0.375. The van der Waals surface area contributed by atoms with Gasteiger partial charge < -0.3 is 5.73 Å². The Labute approximate surface area is 70.0 Å². The highest BCUT2D eigenvalue weighted by molar-refractivity contribution is 7.14. The van der Waals surface area contributed by atoms with Crippen molar-refractivity contribution in [1.29, 1.82) is 0 Å². The summed E-state index contributed by atoms with van der Waals surface area (Å²) in [6.07, 6.45) is 0. The fourth-order valence-corrected chi connectivity index (χ4v) is 1.46. The van der Waals surface area contributed by atoms with Crippen LogP contribution in [0.5, 0.6) is 0 Å². The molecular formula is C8H11NOS. The van der Waals surface area contributed by atoms with Crippen LogP contribution >= 0.6 is 11.3 Å². The van der Waals surface area contributed by atoms with E-state index in [9.17, 15) is 4.79 Å². The number of nitrogen functional groups attached to an aromatic ring is 1. The van der Waals surface area contributed by atoms with Crippen molar-refractivity contribution in [3.8, 4) is 0 Å². The molecule has 1 rings (SSSR count). The van der Waals surface area contributed by atoms with Crippen molar-refractivity contribution in [1.82, 2.24) is 0 Å². The molecule has 0 saturated carbocycles. The number of carbonyl (C=O) groups excluding carboxylic acids is 1. The van der Waals surface area contributed by atoms with E-state index < -0.39 is 0 Å². The van der Waals surface area contributed by atoms with E-state index in [2.05, 4.69) is 0 Å². The van der Waals surface area contributed by atoms with Crippen molar-refractivity contribution in [2.45, 2.75) is 13.8 Å². The Morgan fingerprint density at radius 2 is 2.27 bits per heavy atom. The fourth-order valence-electron chi connectivity index (χ4n) is 0.815. The van der Waals surface area contributed by atoms with E-state index >= 15 is 0 Å². The molecule has 0 unspecified atom stereocenters. The summed E-state index contributed by atoms with van der Waals surface area (Å²) in [5.41, 5.74) is 6.22. The predicted octanol–water partition coefficient (Wildman–Crippen LogP) is 2.17. The number of hydrogen-bond donors (Lipinski definition) is 1. The lowest BCUT2D eigenvalue weighted by Gasteiger charge is -1.98. The van der Waals surface area contributed by atoms with Gasteiger partial charge in [0.2, 0.25) is 0 Å². The van der Waals surface area contributed by atoms with Gasteiger partial charge in [0.05, 0.1) is 5.00 Å². The van der Waals surface area contributed by atoms with E-state index in [1.165, 1.54) is 11.3 Å². The van der Waals surface area contributed by atoms with Gasteiger partial charge in [-0.25, -0.2) is 0 Å². The van der Waals surface area contributed by atoms with Crippen molar-refractivity contribution in [3.05, 3.63) is 17.0 Å². The standard InChI is InChI=1S/C8H11NOS/c1-5(2)8(10)6-3-7(9)11-4-6/h3-5H,9H2,1-2H3. The summed E-state index contributed by atoms with van der Waals surface area (Å²) >= 11 is 1.41. The second-order valence-corrected chi connectivity index (χ2v) is 3.70. The van der Waals surface area contributed by atoms with Crippen molar-refractivity contribution < 1.29 is 4.79 Å². The van der Waals surface area contributed by atoms with Crippen LogP contribution < -0.4 is 5.73 Å². The molecule has 2 N–H and O–H groups in total. The predicted molar refractivity (Wildman–Crippen MR) is 47.9 cm³/mol. The highest BCUT2D eigenvalue weighted by Gasteiger charge is 2.10. The second kappa shape index (κ2) is 3.05. The molecule has 2 nitrogen and oxygen atoms in total. The summed E-state index contributed by atoms with van der Waals surface area (Å²) in [6.45, 7) is 3.77. The average Bonchev–Trinajstić information content (AvgIpc) is 2.34. The molecule has 0 amide bonds. The maximum Gasteiger partial charge on any atom is 0.166 e. The third-order valence-corrected chi connectivity index (χ3v) is 2.19. The average molecular weight is 169 g/mol. The second-order valence-electron chi connectivity index (χ2n) is 2.76. The molecule has 0 spiro atoms. The van der Waals surface area contributed by atoms with Gasteiger partial charge in [-0.3, -0.25) is 4.79 Å².